The number of carbonyl (C=O) groups is 1. The molecule has 4 nitrogen and oxygen atoms in total. The molecule has 0 spiro atoms. The van der Waals surface area contributed by atoms with Gasteiger partial charge >= 0.3 is 6.03 Å². The van der Waals surface area contributed by atoms with Gasteiger partial charge in [-0.3, -0.25) is 0 Å². The minimum Gasteiger partial charge on any atom is -0.619 e. The van der Waals surface area contributed by atoms with Gasteiger partial charge in [-0.15, -0.1) is 0 Å². The molecule has 1 aliphatic carbocycles. The Morgan fingerprint density at radius 3 is 3.06 bits per heavy atom. The molecule has 0 aromatic carbocycles. The Labute approximate surface area is 103 Å². The summed E-state index contributed by atoms with van der Waals surface area (Å²) in [5.41, 5.74) is 0. The second-order valence-corrected chi connectivity index (χ2v) is 5.81. The van der Waals surface area contributed by atoms with E-state index in [1.807, 2.05) is 0 Å². The maximum atomic E-state index is 12.2. The lowest BCUT2D eigenvalue weighted by molar-refractivity contribution is -0.747. The van der Waals surface area contributed by atoms with Gasteiger partial charge in [-0.1, -0.05) is 22.4 Å². The lowest BCUT2D eigenvalue weighted by Crippen LogP contribution is -2.46. The van der Waals surface area contributed by atoms with Crippen molar-refractivity contribution in [3.05, 3.63) is 17.5 Å². The van der Waals surface area contributed by atoms with E-state index in [0.29, 0.717) is 17.3 Å². The molecule has 3 unspecified atom stereocenters. The molecule has 1 heterocycles. The van der Waals surface area contributed by atoms with Crippen LogP contribution in [0, 0.1) is 11.1 Å². The van der Waals surface area contributed by atoms with Gasteiger partial charge in [0, 0.05) is 23.0 Å². The van der Waals surface area contributed by atoms with Crippen LogP contribution in [0.1, 0.15) is 25.7 Å². The van der Waals surface area contributed by atoms with Crippen molar-refractivity contribution < 1.29 is 9.44 Å². The van der Waals surface area contributed by atoms with Crippen molar-refractivity contribution in [3.8, 4) is 0 Å². The van der Waals surface area contributed by atoms with E-state index in [0.717, 1.165) is 25.7 Å². The second kappa shape index (κ2) is 4.77. The van der Waals surface area contributed by atoms with Gasteiger partial charge in [-0.05, 0) is 19.3 Å². The van der Waals surface area contributed by atoms with Gasteiger partial charge in [0.1, 0.15) is 6.20 Å². The molecule has 0 bridgehead atoms. The number of halogens is 1. The zero-order chi connectivity index (χ0) is 11.6. The fourth-order valence-electron chi connectivity index (χ4n) is 2.36. The van der Waals surface area contributed by atoms with Gasteiger partial charge in [0.2, 0.25) is 0 Å². The van der Waals surface area contributed by atoms with Crippen LogP contribution < -0.4 is 0 Å². The summed E-state index contributed by atoms with van der Waals surface area (Å²) in [6.07, 6.45) is 8.64. The standard InChI is InChI=1S/C11H15BrN2O2/c12-10-4-1-3-9(7-10)8-14(16)6-2-5-13-11(14)15/h2,5-6,9-10H,1,3-4,7-8H2. The van der Waals surface area contributed by atoms with E-state index in [4.69, 9.17) is 0 Å². The average molecular weight is 287 g/mol. The van der Waals surface area contributed by atoms with E-state index in [-0.39, 0.29) is 0 Å². The van der Waals surface area contributed by atoms with Gasteiger partial charge in [-0.2, -0.15) is 4.99 Å². The molecule has 1 fully saturated rings. The second-order valence-electron chi connectivity index (χ2n) is 4.51. The van der Waals surface area contributed by atoms with E-state index >= 15 is 0 Å². The molecule has 2 aliphatic rings. The van der Waals surface area contributed by atoms with Gasteiger partial charge in [0.05, 0.1) is 6.54 Å². The highest BCUT2D eigenvalue weighted by molar-refractivity contribution is 9.09. The predicted molar refractivity (Wildman–Crippen MR) is 66.2 cm³/mol. The number of alkyl halides is 1. The number of hydrogen-bond acceptors (Lipinski definition) is 2. The first kappa shape index (κ1) is 12.0. The molecule has 0 N–H and O–H groups in total. The molecule has 0 aromatic heterocycles. The van der Waals surface area contributed by atoms with Crippen LogP contribution in [-0.4, -0.2) is 28.3 Å². The van der Waals surface area contributed by atoms with Crippen LogP contribution in [0.4, 0.5) is 4.79 Å². The fourth-order valence-corrected chi connectivity index (χ4v) is 3.21. The molecule has 16 heavy (non-hydrogen) atoms. The zero-order valence-corrected chi connectivity index (χ0v) is 10.6. The Morgan fingerprint density at radius 1 is 1.56 bits per heavy atom. The summed E-state index contributed by atoms with van der Waals surface area (Å²) >= 11 is 3.58. The van der Waals surface area contributed by atoms with E-state index in [2.05, 4.69) is 20.9 Å². The molecule has 0 aromatic rings. The predicted octanol–water partition coefficient (Wildman–Crippen LogP) is 2.97. The van der Waals surface area contributed by atoms with Gasteiger partial charge < -0.3 is 5.21 Å². The summed E-state index contributed by atoms with van der Waals surface area (Å²) < 4.78 is -0.916. The summed E-state index contributed by atoms with van der Waals surface area (Å²) in [5, 5.41) is 12.2. The molecule has 1 aliphatic heterocycles. The highest BCUT2D eigenvalue weighted by atomic mass is 79.9. The average Bonchev–Trinajstić information content (AvgIpc) is 2.23. The number of quaternary nitrogens is 1. The highest BCUT2D eigenvalue weighted by Crippen LogP contribution is 2.31. The molecular weight excluding hydrogens is 272 g/mol. The van der Waals surface area contributed by atoms with Crippen LogP contribution >= 0.6 is 15.9 Å². The lowest BCUT2D eigenvalue weighted by Gasteiger charge is -2.39. The minimum atomic E-state index is -0.916. The lowest BCUT2D eigenvalue weighted by atomic mass is 9.89. The maximum Gasteiger partial charge on any atom is 0.447 e. The van der Waals surface area contributed by atoms with Crippen LogP contribution in [0.15, 0.2) is 17.3 Å². The SMILES string of the molecule is O=C1N=CC=C[N+]1([O-])CC1CCCC(Br)C1. The molecule has 0 radical (unpaired) electrons. The minimum absolute atomic E-state index is 0.317. The Kier molecular flexibility index (Phi) is 3.56. The topological polar surface area (TPSA) is 52.5 Å². The quantitative estimate of drug-likeness (QED) is 0.445. The summed E-state index contributed by atoms with van der Waals surface area (Å²) in [6.45, 7) is 0.328. The molecule has 88 valence electrons. The van der Waals surface area contributed by atoms with Crippen LogP contribution in [0.3, 0.4) is 0 Å². The first-order chi connectivity index (χ1) is 7.60. The normalized spacial score (nSPS) is 39.0. The number of hydroxylamine groups is 3. The summed E-state index contributed by atoms with van der Waals surface area (Å²) in [4.78, 5) is 15.5. The molecule has 3 atom stereocenters. The number of aliphatic imine (C=N–C) groups is 1. The number of carbonyl (C=O) groups excluding carboxylic acids is 1. The van der Waals surface area contributed by atoms with Crippen molar-refractivity contribution in [1.29, 1.82) is 0 Å². The first-order valence-corrected chi connectivity index (χ1v) is 6.51. The number of rotatable bonds is 2. The van der Waals surface area contributed by atoms with Gasteiger partial charge in [-0.25, -0.2) is 9.44 Å². The van der Waals surface area contributed by atoms with Gasteiger partial charge in [0.15, 0.2) is 0 Å². The largest absolute Gasteiger partial charge is 0.619 e. The zero-order valence-electron chi connectivity index (χ0n) is 9.01. The highest BCUT2D eigenvalue weighted by Gasteiger charge is 2.32. The Hall–Kier alpha value is -0.520. The van der Waals surface area contributed by atoms with E-state index in [9.17, 15) is 10.0 Å². The summed E-state index contributed by atoms with van der Waals surface area (Å²) in [6, 6.07) is -0.598. The van der Waals surface area contributed by atoms with Crippen molar-refractivity contribution in [3.63, 3.8) is 0 Å². The van der Waals surface area contributed by atoms with Crippen molar-refractivity contribution in [2.24, 2.45) is 10.9 Å². The Balaban J connectivity index is 2.00. The Bertz CT molecular complexity index is 343. The third-order valence-corrected chi connectivity index (χ3v) is 4.00. The monoisotopic (exact) mass is 286 g/mol. The van der Waals surface area contributed by atoms with Crippen LogP contribution in [0.25, 0.3) is 0 Å². The van der Waals surface area contributed by atoms with Crippen LogP contribution in [-0.2, 0) is 0 Å². The van der Waals surface area contributed by atoms with Gasteiger partial charge in [0.25, 0.3) is 0 Å². The van der Waals surface area contributed by atoms with Crippen molar-refractivity contribution in [2.75, 3.05) is 6.54 Å². The van der Waals surface area contributed by atoms with Crippen molar-refractivity contribution in [1.82, 2.24) is 0 Å². The molecular formula is C11H15BrN2O2. The number of nitrogens with zero attached hydrogens (tertiary/aromatic N) is 2. The third-order valence-electron chi connectivity index (χ3n) is 3.17. The summed E-state index contributed by atoms with van der Waals surface area (Å²) in [7, 11) is 0. The first-order valence-electron chi connectivity index (χ1n) is 5.59. The van der Waals surface area contributed by atoms with E-state index in [1.54, 1.807) is 6.08 Å². The summed E-state index contributed by atoms with van der Waals surface area (Å²) in [5.74, 6) is 0.317. The molecule has 0 saturated heterocycles. The third kappa shape index (κ3) is 2.59. The number of hydrogen-bond donors (Lipinski definition) is 0. The van der Waals surface area contributed by atoms with Crippen molar-refractivity contribution >= 4 is 28.2 Å². The molecule has 1 saturated carbocycles. The Morgan fingerprint density at radius 2 is 2.38 bits per heavy atom. The number of allylic oxidation sites excluding steroid dienone is 1. The smallest absolute Gasteiger partial charge is 0.447 e. The van der Waals surface area contributed by atoms with Crippen molar-refractivity contribution in [2.45, 2.75) is 30.5 Å². The molecule has 2 amide bonds. The van der Waals surface area contributed by atoms with E-state index in [1.165, 1.54) is 12.4 Å². The molecule has 2 rings (SSSR count). The van der Waals surface area contributed by atoms with E-state index < -0.39 is 10.7 Å². The maximum absolute atomic E-state index is 12.2. The number of urea groups is 1. The fraction of sp³-hybridized carbons (Fsp3) is 0.636. The van der Waals surface area contributed by atoms with Crippen LogP contribution in [0.5, 0.6) is 0 Å². The molecule has 5 heteroatoms. The number of amides is 2. The van der Waals surface area contributed by atoms with Crippen LogP contribution in [0.2, 0.25) is 0 Å².